The minimum Gasteiger partial charge on any atom is -0.496 e. The number of methoxy groups -OCH3 is 1. The van der Waals surface area contributed by atoms with E-state index in [0.29, 0.717) is 29.3 Å². The quantitative estimate of drug-likeness (QED) is 0.923. The normalized spacial score (nSPS) is 10.3. The molecule has 1 heterocycles. The van der Waals surface area contributed by atoms with Gasteiger partial charge in [0.15, 0.2) is 0 Å². The van der Waals surface area contributed by atoms with Crippen molar-refractivity contribution in [3.63, 3.8) is 0 Å². The maximum absolute atomic E-state index is 12.1. The Kier molecular flexibility index (Phi) is 4.98. The van der Waals surface area contributed by atoms with Crippen molar-refractivity contribution in [2.24, 2.45) is 0 Å². The van der Waals surface area contributed by atoms with Crippen molar-refractivity contribution in [1.29, 1.82) is 0 Å². The number of carbonyl (C=O) groups is 1. The summed E-state index contributed by atoms with van der Waals surface area (Å²) in [6, 6.07) is 4.97. The fourth-order valence-corrected chi connectivity index (χ4v) is 2.60. The van der Waals surface area contributed by atoms with Crippen molar-refractivity contribution in [3.05, 3.63) is 44.9 Å². The molecule has 0 saturated carbocycles. The lowest BCUT2D eigenvalue weighted by atomic mass is 10.2. The van der Waals surface area contributed by atoms with Gasteiger partial charge in [-0.2, -0.15) is 0 Å². The summed E-state index contributed by atoms with van der Waals surface area (Å²) >= 11 is 7.51. The van der Waals surface area contributed by atoms with Crippen LogP contribution in [-0.4, -0.2) is 24.5 Å². The van der Waals surface area contributed by atoms with Crippen LogP contribution in [0.2, 0.25) is 5.02 Å². The number of halogens is 1. The Hall–Kier alpha value is -1.59. The van der Waals surface area contributed by atoms with Crippen LogP contribution in [0.15, 0.2) is 23.6 Å². The minimum absolute atomic E-state index is 0.198. The molecule has 0 spiro atoms. The Morgan fingerprint density at radius 3 is 2.95 bits per heavy atom. The topological polar surface area (TPSA) is 51.2 Å². The highest BCUT2D eigenvalue weighted by molar-refractivity contribution is 7.09. The summed E-state index contributed by atoms with van der Waals surface area (Å²) in [7, 11) is 1.53. The van der Waals surface area contributed by atoms with Crippen molar-refractivity contribution < 1.29 is 9.53 Å². The summed E-state index contributed by atoms with van der Waals surface area (Å²) in [6.07, 6.45) is 0.707. The molecule has 4 nitrogen and oxygen atoms in total. The van der Waals surface area contributed by atoms with Gasteiger partial charge in [0.05, 0.1) is 23.4 Å². The van der Waals surface area contributed by atoms with Gasteiger partial charge in [-0.05, 0) is 25.1 Å². The Balaban J connectivity index is 1.96. The first-order valence-corrected chi connectivity index (χ1v) is 7.38. The van der Waals surface area contributed by atoms with E-state index in [-0.39, 0.29) is 5.91 Å². The predicted molar refractivity (Wildman–Crippen MR) is 80.9 cm³/mol. The number of rotatable bonds is 5. The first-order valence-electron chi connectivity index (χ1n) is 6.13. The molecule has 1 aromatic heterocycles. The molecule has 0 fully saturated rings. The summed E-state index contributed by atoms with van der Waals surface area (Å²) in [6.45, 7) is 2.49. The Morgan fingerprint density at radius 2 is 2.30 bits per heavy atom. The maximum atomic E-state index is 12.1. The highest BCUT2D eigenvalue weighted by atomic mass is 35.5. The van der Waals surface area contributed by atoms with Gasteiger partial charge in [0.25, 0.3) is 5.91 Å². The van der Waals surface area contributed by atoms with Gasteiger partial charge in [0.2, 0.25) is 0 Å². The first-order chi connectivity index (χ1) is 9.60. The van der Waals surface area contributed by atoms with Crippen molar-refractivity contribution in [1.82, 2.24) is 10.3 Å². The monoisotopic (exact) mass is 310 g/mol. The number of thiazole rings is 1. The van der Waals surface area contributed by atoms with Gasteiger partial charge in [0.1, 0.15) is 5.75 Å². The van der Waals surface area contributed by atoms with Crippen LogP contribution in [0.5, 0.6) is 5.75 Å². The van der Waals surface area contributed by atoms with E-state index in [1.807, 2.05) is 12.3 Å². The number of benzene rings is 1. The number of amides is 1. The van der Waals surface area contributed by atoms with E-state index in [9.17, 15) is 4.79 Å². The van der Waals surface area contributed by atoms with Gasteiger partial charge in [0, 0.05) is 23.4 Å². The van der Waals surface area contributed by atoms with E-state index in [1.54, 1.807) is 29.5 Å². The highest BCUT2D eigenvalue weighted by Crippen LogP contribution is 2.22. The summed E-state index contributed by atoms with van der Waals surface area (Å²) in [4.78, 5) is 16.5. The van der Waals surface area contributed by atoms with Gasteiger partial charge in [-0.25, -0.2) is 4.98 Å². The van der Waals surface area contributed by atoms with Crippen molar-refractivity contribution >= 4 is 28.8 Å². The predicted octanol–water partition coefficient (Wildman–Crippen LogP) is 3.09. The van der Waals surface area contributed by atoms with E-state index < -0.39 is 0 Å². The molecule has 1 aromatic carbocycles. The molecular weight excluding hydrogens is 296 g/mol. The van der Waals surface area contributed by atoms with Crippen LogP contribution in [0.4, 0.5) is 0 Å². The van der Waals surface area contributed by atoms with Crippen molar-refractivity contribution in [3.8, 4) is 5.75 Å². The Labute approximate surface area is 126 Å². The van der Waals surface area contributed by atoms with E-state index >= 15 is 0 Å². The second-order valence-electron chi connectivity index (χ2n) is 4.21. The standard InChI is InChI=1S/C14H15ClN2O2S/c1-9-17-11(8-20-9)5-6-16-14(18)12-7-10(15)3-4-13(12)19-2/h3-4,7-8H,5-6H2,1-2H3,(H,16,18). The fraction of sp³-hybridized carbons (Fsp3) is 0.286. The molecule has 1 amide bonds. The molecule has 0 saturated heterocycles. The zero-order valence-electron chi connectivity index (χ0n) is 11.3. The van der Waals surface area contributed by atoms with Crippen LogP contribution in [0, 0.1) is 6.92 Å². The number of aryl methyl sites for hydroxylation is 1. The smallest absolute Gasteiger partial charge is 0.255 e. The molecule has 1 N–H and O–H groups in total. The van der Waals surface area contributed by atoms with Gasteiger partial charge >= 0.3 is 0 Å². The van der Waals surface area contributed by atoms with Crippen LogP contribution in [0.3, 0.4) is 0 Å². The third kappa shape index (κ3) is 3.71. The van der Waals surface area contributed by atoms with E-state index in [1.165, 1.54) is 7.11 Å². The van der Waals surface area contributed by atoms with Gasteiger partial charge < -0.3 is 10.1 Å². The molecule has 0 aliphatic carbocycles. The molecule has 2 rings (SSSR count). The molecule has 0 aliphatic rings. The number of nitrogens with one attached hydrogen (secondary N) is 1. The van der Waals surface area contributed by atoms with Crippen LogP contribution in [0.25, 0.3) is 0 Å². The lowest BCUT2D eigenvalue weighted by Gasteiger charge is -2.09. The average Bonchev–Trinajstić information content (AvgIpc) is 2.84. The highest BCUT2D eigenvalue weighted by Gasteiger charge is 2.12. The largest absolute Gasteiger partial charge is 0.496 e. The summed E-state index contributed by atoms with van der Waals surface area (Å²) in [5, 5.41) is 6.38. The molecule has 0 radical (unpaired) electrons. The van der Waals surface area contributed by atoms with E-state index in [4.69, 9.17) is 16.3 Å². The molecule has 0 unspecified atom stereocenters. The number of hydrogen-bond donors (Lipinski definition) is 1. The zero-order valence-corrected chi connectivity index (χ0v) is 12.8. The summed E-state index contributed by atoms with van der Waals surface area (Å²) in [5.41, 5.74) is 1.43. The fourth-order valence-electron chi connectivity index (χ4n) is 1.78. The number of hydrogen-bond acceptors (Lipinski definition) is 4. The van der Waals surface area contributed by atoms with Crippen LogP contribution < -0.4 is 10.1 Å². The summed E-state index contributed by atoms with van der Waals surface area (Å²) in [5.74, 6) is 0.313. The van der Waals surface area contributed by atoms with Crippen LogP contribution >= 0.6 is 22.9 Å². The molecular formula is C14H15ClN2O2S. The number of nitrogens with zero attached hydrogens (tertiary/aromatic N) is 1. The molecule has 0 atom stereocenters. The van der Waals surface area contributed by atoms with Gasteiger partial charge in [-0.3, -0.25) is 4.79 Å². The number of aromatic nitrogens is 1. The zero-order chi connectivity index (χ0) is 14.5. The van der Waals surface area contributed by atoms with Crippen molar-refractivity contribution in [2.75, 3.05) is 13.7 Å². The lowest BCUT2D eigenvalue weighted by Crippen LogP contribution is -2.26. The average molecular weight is 311 g/mol. The van der Waals surface area contributed by atoms with Crippen LogP contribution in [-0.2, 0) is 6.42 Å². The maximum Gasteiger partial charge on any atom is 0.255 e. The van der Waals surface area contributed by atoms with Crippen LogP contribution in [0.1, 0.15) is 21.1 Å². The molecule has 6 heteroatoms. The Bertz CT molecular complexity index is 613. The number of ether oxygens (including phenoxy) is 1. The Morgan fingerprint density at radius 1 is 1.50 bits per heavy atom. The first kappa shape index (κ1) is 14.8. The second kappa shape index (κ2) is 6.72. The minimum atomic E-state index is -0.198. The molecule has 0 bridgehead atoms. The molecule has 0 aliphatic heterocycles. The summed E-state index contributed by atoms with van der Waals surface area (Å²) < 4.78 is 5.16. The SMILES string of the molecule is COc1ccc(Cl)cc1C(=O)NCCc1csc(C)n1. The van der Waals surface area contributed by atoms with Gasteiger partial charge in [-0.15, -0.1) is 11.3 Å². The molecule has 2 aromatic rings. The number of carbonyl (C=O) groups excluding carboxylic acids is 1. The molecule has 106 valence electrons. The lowest BCUT2D eigenvalue weighted by molar-refractivity contribution is 0.0951. The van der Waals surface area contributed by atoms with Crippen molar-refractivity contribution in [2.45, 2.75) is 13.3 Å². The third-order valence-electron chi connectivity index (χ3n) is 2.74. The second-order valence-corrected chi connectivity index (χ2v) is 5.71. The van der Waals surface area contributed by atoms with E-state index in [2.05, 4.69) is 10.3 Å². The molecule has 20 heavy (non-hydrogen) atoms. The van der Waals surface area contributed by atoms with Gasteiger partial charge in [-0.1, -0.05) is 11.6 Å². The third-order valence-corrected chi connectivity index (χ3v) is 3.80. The van der Waals surface area contributed by atoms with E-state index in [0.717, 1.165) is 10.7 Å².